The first-order valence-corrected chi connectivity index (χ1v) is 8.05. The Morgan fingerprint density at radius 1 is 1.19 bits per heavy atom. The van der Waals surface area contributed by atoms with E-state index in [1.54, 1.807) is 0 Å². The zero-order valence-corrected chi connectivity index (χ0v) is 13.0. The van der Waals surface area contributed by atoms with Crippen LogP contribution in [0.15, 0.2) is 36.7 Å². The van der Waals surface area contributed by atoms with Gasteiger partial charge in [0.1, 0.15) is 0 Å². The first kappa shape index (κ1) is 14.3. The van der Waals surface area contributed by atoms with E-state index >= 15 is 0 Å². The summed E-state index contributed by atoms with van der Waals surface area (Å²) >= 11 is 0. The number of nitrogens with zero attached hydrogens (tertiary/aromatic N) is 1. The van der Waals surface area contributed by atoms with Crippen molar-refractivity contribution in [2.24, 2.45) is 0 Å². The van der Waals surface area contributed by atoms with E-state index in [-0.39, 0.29) is 6.04 Å². The fourth-order valence-electron chi connectivity index (χ4n) is 3.25. The van der Waals surface area contributed by atoms with Crippen molar-refractivity contribution in [3.05, 3.63) is 64.5 Å². The third kappa shape index (κ3) is 3.01. The summed E-state index contributed by atoms with van der Waals surface area (Å²) in [6.45, 7) is 5.41. The Morgan fingerprint density at radius 2 is 2.05 bits per heavy atom. The zero-order chi connectivity index (χ0) is 14.7. The second-order valence-electron chi connectivity index (χ2n) is 6.00. The average Bonchev–Trinajstić information content (AvgIpc) is 2.97. The number of benzene rings is 1. The SMILES string of the molecule is CCCNC(c1ccc2c(c1)CCC2)c1cnccc1C. The Balaban J connectivity index is 1.97. The van der Waals surface area contributed by atoms with E-state index in [4.69, 9.17) is 0 Å². The highest BCUT2D eigenvalue weighted by molar-refractivity contribution is 5.41. The van der Waals surface area contributed by atoms with Crippen molar-refractivity contribution in [2.45, 2.75) is 45.6 Å². The molecule has 0 radical (unpaired) electrons. The van der Waals surface area contributed by atoms with E-state index in [1.165, 1.54) is 47.1 Å². The average molecular weight is 280 g/mol. The van der Waals surface area contributed by atoms with Gasteiger partial charge in [0.05, 0.1) is 6.04 Å². The summed E-state index contributed by atoms with van der Waals surface area (Å²) < 4.78 is 0. The Morgan fingerprint density at radius 3 is 2.86 bits per heavy atom. The number of fused-ring (bicyclic) bond motifs is 1. The molecule has 1 unspecified atom stereocenters. The molecule has 1 aromatic carbocycles. The van der Waals surface area contributed by atoms with Crippen molar-refractivity contribution in [3.8, 4) is 0 Å². The number of hydrogen-bond donors (Lipinski definition) is 1. The van der Waals surface area contributed by atoms with Gasteiger partial charge in [-0.1, -0.05) is 25.1 Å². The number of nitrogens with one attached hydrogen (secondary N) is 1. The van der Waals surface area contributed by atoms with Crippen LogP contribution in [-0.4, -0.2) is 11.5 Å². The number of hydrogen-bond acceptors (Lipinski definition) is 2. The topological polar surface area (TPSA) is 24.9 Å². The number of aromatic nitrogens is 1. The maximum Gasteiger partial charge on any atom is 0.0594 e. The van der Waals surface area contributed by atoms with E-state index in [1.807, 2.05) is 12.4 Å². The number of pyridine rings is 1. The van der Waals surface area contributed by atoms with Crippen molar-refractivity contribution in [2.75, 3.05) is 6.54 Å². The van der Waals surface area contributed by atoms with Gasteiger partial charge in [-0.2, -0.15) is 0 Å². The van der Waals surface area contributed by atoms with Crippen LogP contribution in [0.4, 0.5) is 0 Å². The lowest BCUT2D eigenvalue weighted by molar-refractivity contribution is 0.594. The molecule has 0 saturated carbocycles. The first-order valence-electron chi connectivity index (χ1n) is 8.05. The van der Waals surface area contributed by atoms with Crippen LogP contribution in [0.25, 0.3) is 0 Å². The summed E-state index contributed by atoms with van der Waals surface area (Å²) in [5.41, 5.74) is 7.05. The van der Waals surface area contributed by atoms with Gasteiger partial charge in [0.25, 0.3) is 0 Å². The standard InChI is InChI=1S/C19H24N2/c1-3-10-21-19(18-13-20-11-9-14(18)2)17-8-7-15-5-4-6-16(15)12-17/h7-9,11-13,19,21H,3-6,10H2,1-2H3. The van der Waals surface area contributed by atoms with E-state index in [2.05, 4.69) is 48.4 Å². The summed E-state index contributed by atoms with van der Waals surface area (Å²) in [6, 6.07) is 9.38. The van der Waals surface area contributed by atoms with Gasteiger partial charge in [-0.25, -0.2) is 0 Å². The Labute approximate surface area is 127 Å². The Hall–Kier alpha value is -1.67. The molecule has 2 aromatic rings. The van der Waals surface area contributed by atoms with Crippen molar-refractivity contribution in [1.82, 2.24) is 10.3 Å². The normalized spacial score (nSPS) is 15.0. The van der Waals surface area contributed by atoms with Gasteiger partial charge in [0, 0.05) is 12.4 Å². The molecule has 1 aromatic heterocycles. The van der Waals surface area contributed by atoms with E-state index in [0.717, 1.165) is 13.0 Å². The fourth-order valence-corrected chi connectivity index (χ4v) is 3.25. The summed E-state index contributed by atoms with van der Waals surface area (Å²) in [5.74, 6) is 0. The van der Waals surface area contributed by atoms with Gasteiger partial charge in [-0.3, -0.25) is 4.98 Å². The van der Waals surface area contributed by atoms with E-state index < -0.39 is 0 Å². The van der Waals surface area contributed by atoms with Gasteiger partial charge in [-0.15, -0.1) is 0 Å². The summed E-state index contributed by atoms with van der Waals surface area (Å²) in [6.07, 6.45) is 8.80. The van der Waals surface area contributed by atoms with Gasteiger partial charge in [0.15, 0.2) is 0 Å². The molecule has 2 heteroatoms. The molecule has 0 spiro atoms. The molecule has 1 atom stereocenters. The van der Waals surface area contributed by atoms with Crippen molar-refractivity contribution in [3.63, 3.8) is 0 Å². The molecule has 0 aliphatic heterocycles. The zero-order valence-electron chi connectivity index (χ0n) is 13.0. The maximum absolute atomic E-state index is 4.33. The maximum atomic E-state index is 4.33. The predicted molar refractivity (Wildman–Crippen MR) is 87.6 cm³/mol. The minimum absolute atomic E-state index is 0.254. The number of aryl methyl sites for hydroxylation is 3. The molecule has 1 aliphatic carbocycles. The third-order valence-electron chi connectivity index (χ3n) is 4.44. The van der Waals surface area contributed by atoms with Crippen LogP contribution in [0.1, 0.15) is 53.6 Å². The van der Waals surface area contributed by atoms with E-state index in [0.29, 0.717) is 0 Å². The van der Waals surface area contributed by atoms with Crippen molar-refractivity contribution >= 4 is 0 Å². The molecule has 21 heavy (non-hydrogen) atoms. The van der Waals surface area contributed by atoms with Crippen LogP contribution in [-0.2, 0) is 12.8 Å². The Kier molecular flexibility index (Phi) is 4.35. The van der Waals surface area contributed by atoms with E-state index in [9.17, 15) is 0 Å². The summed E-state index contributed by atoms with van der Waals surface area (Å²) in [5, 5.41) is 3.69. The van der Waals surface area contributed by atoms with Crippen LogP contribution in [0.5, 0.6) is 0 Å². The summed E-state index contributed by atoms with van der Waals surface area (Å²) in [7, 11) is 0. The molecule has 0 fully saturated rings. The number of rotatable bonds is 5. The second-order valence-corrected chi connectivity index (χ2v) is 6.00. The van der Waals surface area contributed by atoms with Crippen LogP contribution < -0.4 is 5.32 Å². The highest BCUT2D eigenvalue weighted by Crippen LogP contribution is 2.29. The highest BCUT2D eigenvalue weighted by Gasteiger charge is 2.18. The molecule has 1 heterocycles. The molecule has 110 valence electrons. The molecule has 0 bridgehead atoms. The lowest BCUT2D eigenvalue weighted by atomic mass is 9.94. The largest absolute Gasteiger partial charge is 0.306 e. The summed E-state index contributed by atoms with van der Waals surface area (Å²) in [4.78, 5) is 4.33. The molecule has 1 aliphatic rings. The van der Waals surface area contributed by atoms with Crippen molar-refractivity contribution < 1.29 is 0 Å². The van der Waals surface area contributed by atoms with Gasteiger partial charge >= 0.3 is 0 Å². The molecule has 0 saturated heterocycles. The highest BCUT2D eigenvalue weighted by atomic mass is 14.9. The molecular weight excluding hydrogens is 256 g/mol. The minimum Gasteiger partial charge on any atom is -0.306 e. The molecular formula is C19H24N2. The first-order chi connectivity index (χ1) is 10.3. The lowest BCUT2D eigenvalue weighted by Crippen LogP contribution is -2.24. The predicted octanol–water partition coefficient (Wildman–Crippen LogP) is 3.97. The quantitative estimate of drug-likeness (QED) is 0.896. The fraction of sp³-hybridized carbons (Fsp3) is 0.421. The van der Waals surface area contributed by atoms with Crippen molar-refractivity contribution in [1.29, 1.82) is 0 Å². The minimum atomic E-state index is 0.254. The lowest BCUT2D eigenvalue weighted by Gasteiger charge is -2.22. The monoisotopic (exact) mass is 280 g/mol. The Bertz CT molecular complexity index is 619. The third-order valence-corrected chi connectivity index (χ3v) is 4.44. The van der Waals surface area contributed by atoms with Crippen LogP contribution in [0.2, 0.25) is 0 Å². The van der Waals surface area contributed by atoms with Crippen LogP contribution in [0.3, 0.4) is 0 Å². The molecule has 3 rings (SSSR count). The molecule has 2 nitrogen and oxygen atoms in total. The molecule has 0 amide bonds. The van der Waals surface area contributed by atoms with Gasteiger partial charge in [-0.05, 0) is 73.0 Å². The van der Waals surface area contributed by atoms with Gasteiger partial charge in [0.2, 0.25) is 0 Å². The van der Waals surface area contributed by atoms with Gasteiger partial charge < -0.3 is 5.32 Å². The second kappa shape index (κ2) is 6.40. The van der Waals surface area contributed by atoms with Crippen LogP contribution >= 0.6 is 0 Å². The molecule has 1 N–H and O–H groups in total. The smallest absolute Gasteiger partial charge is 0.0594 e. The van der Waals surface area contributed by atoms with Crippen LogP contribution in [0, 0.1) is 6.92 Å².